The Morgan fingerprint density at radius 3 is 2.61 bits per heavy atom. The molecule has 0 atom stereocenters. The Hall–Kier alpha value is -2.99. The van der Waals surface area contributed by atoms with Crippen LogP contribution in [0.2, 0.25) is 10.0 Å². The van der Waals surface area contributed by atoms with E-state index in [1.54, 1.807) is 6.07 Å². The zero-order valence-corrected chi connectivity index (χ0v) is 22.9. The van der Waals surface area contributed by atoms with E-state index in [0.717, 1.165) is 44.9 Å². The van der Waals surface area contributed by atoms with Gasteiger partial charge in [-0.3, -0.25) is 4.79 Å². The number of fused-ring (bicyclic) bond motifs is 1. The van der Waals surface area contributed by atoms with E-state index in [4.69, 9.17) is 23.2 Å². The van der Waals surface area contributed by atoms with Gasteiger partial charge in [0, 0.05) is 51.5 Å². The first-order chi connectivity index (χ1) is 17.3. The molecule has 0 bridgehead atoms. The van der Waals surface area contributed by atoms with Crippen molar-refractivity contribution >= 4 is 68.1 Å². The second-order valence-electron chi connectivity index (χ2n) is 9.02. The summed E-state index contributed by atoms with van der Waals surface area (Å²) in [4.78, 5) is 18.6. The van der Waals surface area contributed by atoms with Gasteiger partial charge in [-0.1, -0.05) is 51.3 Å². The van der Waals surface area contributed by atoms with Crippen LogP contribution in [0.3, 0.4) is 0 Å². The molecule has 7 heteroatoms. The molecule has 1 amide bonds. The number of nitrogens with one attached hydrogen (secondary N) is 2. The average molecular weight is 581 g/mol. The lowest BCUT2D eigenvalue weighted by Crippen LogP contribution is -2.19. The predicted molar refractivity (Wildman–Crippen MR) is 154 cm³/mol. The van der Waals surface area contributed by atoms with E-state index in [9.17, 15) is 4.79 Å². The van der Waals surface area contributed by atoms with Crippen LogP contribution in [0.15, 0.2) is 71.2 Å². The van der Waals surface area contributed by atoms with Crippen molar-refractivity contribution in [2.24, 2.45) is 0 Å². The van der Waals surface area contributed by atoms with Crippen LogP contribution >= 0.6 is 39.1 Å². The number of hydrogen-bond acceptors (Lipinski definition) is 2. The highest BCUT2D eigenvalue weighted by Crippen LogP contribution is 2.40. The second-order valence-corrected chi connectivity index (χ2v) is 10.7. The maximum absolute atomic E-state index is 12.9. The minimum atomic E-state index is -0.150. The smallest absolute Gasteiger partial charge is 0.255 e. The Balaban J connectivity index is 1.49. The number of halogens is 3. The predicted octanol–water partition coefficient (Wildman–Crippen LogP) is 8.51. The number of aromatic nitrogens is 1. The fourth-order valence-electron chi connectivity index (χ4n) is 4.55. The number of anilines is 2. The first-order valence-electron chi connectivity index (χ1n) is 11.5. The van der Waals surface area contributed by atoms with Gasteiger partial charge in [0.05, 0.1) is 10.0 Å². The van der Waals surface area contributed by atoms with E-state index in [0.29, 0.717) is 22.2 Å². The number of aryl methyl sites for hydroxylation is 2. The normalized spacial score (nSPS) is 13.8. The van der Waals surface area contributed by atoms with Crippen molar-refractivity contribution in [3.8, 4) is 0 Å². The molecule has 182 valence electrons. The van der Waals surface area contributed by atoms with Gasteiger partial charge in [-0.05, 0) is 91.2 Å². The standard InChI is InChI=1S/C29H24BrCl2N3O/c1-17-10-18(2)33-27(17)13-21-16-35(15-19-6-8-25(31)26(32)11-19)28-9-7-23(14-24(21)28)34-29(36)20-4-3-5-22(30)12-20/h3-14,33H,15-16H2,1-2H3,(H,34,36)/b21-13+. The van der Waals surface area contributed by atoms with Crippen LogP contribution in [0.1, 0.15) is 38.4 Å². The van der Waals surface area contributed by atoms with Crippen molar-refractivity contribution in [3.05, 3.63) is 115 Å². The van der Waals surface area contributed by atoms with Gasteiger partial charge in [0.1, 0.15) is 0 Å². The number of carbonyl (C=O) groups is 1. The SMILES string of the molecule is Cc1cc(C)c(/C=C2\CN(Cc3ccc(Cl)c(Cl)c3)c3ccc(NC(=O)c4cccc(Br)c4)cc32)[nH]1. The van der Waals surface area contributed by atoms with Gasteiger partial charge in [0.25, 0.3) is 5.91 Å². The molecule has 1 aliphatic rings. The summed E-state index contributed by atoms with van der Waals surface area (Å²) in [6.45, 7) is 5.58. The summed E-state index contributed by atoms with van der Waals surface area (Å²) in [5.74, 6) is -0.150. The first-order valence-corrected chi connectivity index (χ1v) is 13.1. The molecular formula is C29H24BrCl2N3O. The van der Waals surface area contributed by atoms with Crippen LogP contribution in [0.25, 0.3) is 11.6 Å². The molecule has 0 spiro atoms. The Morgan fingerprint density at radius 2 is 1.89 bits per heavy atom. The van der Waals surface area contributed by atoms with Crippen LogP contribution in [-0.4, -0.2) is 17.4 Å². The largest absolute Gasteiger partial charge is 0.362 e. The monoisotopic (exact) mass is 579 g/mol. The van der Waals surface area contributed by atoms with Crippen LogP contribution in [0.4, 0.5) is 11.4 Å². The highest BCUT2D eigenvalue weighted by atomic mass is 79.9. The van der Waals surface area contributed by atoms with Crippen LogP contribution in [-0.2, 0) is 6.54 Å². The highest BCUT2D eigenvalue weighted by Gasteiger charge is 2.25. The molecule has 5 rings (SSSR count). The van der Waals surface area contributed by atoms with Crippen LogP contribution in [0, 0.1) is 13.8 Å². The Morgan fingerprint density at radius 1 is 1.06 bits per heavy atom. The summed E-state index contributed by atoms with van der Waals surface area (Å²) in [7, 11) is 0. The lowest BCUT2D eigenvalue weighted by molar-refractivity contribution is 0.102. The van der Waals surface area contributed by atoms with Gasteiger partial charge in [-0.15, -0.1) is 0 Å². The highest BCUT2D eigenvalue weighted by molar-refractivity contribution is 9.10. The summed E-state index contributed by atoms with van der Waals surface area (Å²) < 4.78 is 0.865. The Labute approximate surface area is 229 Å². The number of H-pyrrole nitrogens is 1. The van der Waals surface area contributed by atoms with Gasteiger partial charge in [-0.25, -0.2) is 0 Å². The maximum atomic E-state index is 12.9. The van der Waals surface area contributed by atoms with E-state index in [1.807, 2.05) is 42.5 Å². The third-order valence-corrected chi connectivity index (χ3v) is 7.49. The molecule has 1 aliphatic heterocycles. The molecule has 2 N–H and O–H groups in total. The molecule has 0 fully saturated rings. The van der Waals surface area contributed by atoms with Gasteiger partial charge in [0.15, 0.2) is 0 Å². The molecule has 36 heavy (non-hydrogen) atoms. The summed E-state index contributed by atoms with van der Waals surface area (Å²) in [6, 6.07) is 21.3. The second kappa shape index (κ2) is 10.2. The van der Waals surface area contributed by atoms with Crippen molar-refractivity contribution < 1.29 is 4.79 Å². The van der Waals surface area contributed by atoms with E-state index < -0.39 is 0 Å². The summed E-state index contributed by atoms with van der Waals surface area (Å²) in [6.07, 6.45) is 2.20. The van der Waals surface area contributed by atoms with E-state index in [1.165, 1.54) is 11.1 Å². The Bertz CT molecular complexity index is 1510. The van der Waals surface area contributed by atoms with E-state index in [-0.39, 0.29) is 5.91 Å². The van der Waals surface area contributed by atoms with Gasteiger partial charge in [0.2, 0.25) is 0 Å². The molecule has 0 saturated carbocycles. The average Bonchev–Trinajstić information content (AvgIpc) is 3.34. The third kappa shape index (κ3) is 5.24. The van der Waals surface area contributed by atoms with Gasteiger partial charge >= 0.3 is 0 Å². The molecule has 0 saturated heterocycles. The number of rotatable bonds is 5. The van der Waals surface area contributed by atoms with Crippen molar-refractivity contribution in [3.63, 3.8) is 0 Å². The zero-order chi connectivity index (χ0) is 25.4. The lowest BCUT2D eigenvalue weighted by Gasteiger charge is -2.20. The van der Waals surface area contributed by atoms with Gasteiger partial charge in [-0.2, -0.15) is 0 Å². The minimum Gasteiger partial charge on any atom is -0.362 e. The molecule has 3 aromatic carbocycles. The zero-order valence-electron chi connectivity index (χ0n) is 19.8. The van der Waals surface area contributed by atoms with Crippen molar-refractivity contribution in [2.75, 3.05) is 16.8 Å². The van der Waals surface area contributed by atoms with Gasteiger partial charge < -0.3 is 15.2 Å². The number of aromatic amines is 1. The molecule has 4 aromatic rings. The summed E-state index contributed by atoms with van der Waals surface area (Å²) >= 11 is 15.8. The van der Waals surface area contributed by atoms with E-state index in [2.05, 4.69) is 69.3 Å². The number of hydrogen-bond donors (Lipinski definition) is 2. The fourth-order valence-corrected chi connectivity index (χ4v) is 5.27. The summed E-state index contributed by atoms with van der Waals surface area (Å²) in [5, 5.41) is 4.14. The Kier molecular flexibility index (Phi) is 6.98. The molecule has 1 aromatic heterocycles. The molecule has 2 heterocycles. The van der Waals surface area contributed by atoms with Crippen molar-refractivity contribution in [1.29, 1.82) is 0 Å². The number of amides is 1. The topological polar surface area (TPSA) is 48.1 Å². The molecule has 0 radical (unpaired) electrons. The van der Waals surface area contributed by atoms with Crippen LogP contribution < -0.4 is 10.2 Å². The number of carbonyl (C=O) groups excluding carboxylic acids is 1. The maximum Gasteiger partial charge on any atom is 0.255 e. The van der Waals surface area contributed by atoms with Crippen LogP contribution in [0.5, 0.6) is 0 Å². The quantitative estimate of drug-likeness (QED) is 0.248. The molecule has 0 aliphatic carbocycles. The summed E-state index contributed by atoms with van der Waals surface area (Å²) in [5.41, 5.74) is 9.21. The fraction of sp³-hybridized carbons (Fsp3) is 0.138. The third-order valence-electron chi connectivity index (χ3n) is 6.25. The molecule has 0 unspecified atom stereocenters. The minimum absolute atomic E-state index is 0.150. The van der Waals surface area contributed by atoms with Crippen molar-refractivity contribution in [2.45, 2.75) is 20.4 Å². The first kappa shape index (κ1) is 24.7. The number of benzene rings is 3. The number of nitrogens with zero attached hydrogens (tertiary/aromatic N) is 1. The van der Waals surface area contributed by atoms with E-state index >= 15 is 0 Å². The van der Waals surface area contributed by atoms with Crippen molar-refractivity contribution in [1.82, 2.24) is 4.98 Å². The molecular weight excluding hydrogens is 557 g/mol. The lowest BCUT2D eigenvalue weighted by atomic mass is 10.0. The molecule has 4 nitrogen and oxygen atoms in total.